The third-order valence-electron chi connectivity index (χ3n) is 2.95. The van der Waals surface area contributed by atoms with Gasteiger partial charge in [-0.3, -0.25) is 9.59 Å². The van der Waals surface area contributed by atoms with E-state index in [0.29, 0.717) is 6.42 Å². The molecule has 1 N–H and O–H groups in total. The summed E-state index contributed by atoms with van der Waals surface area (Å²) in [6.07, 6.45) is 0.386. The van der Waals surface area contributed by atoms with Gasteiger partial charge in [0.1, 0.15) is 12.4 Å². The van der Waals surface area contributed by atoms with E-state index >= 15 is 0 Å². The quantitative estimate of drug-likeness (QED) is 0.801. The Bertz CT molecular complexity index is 451. The molecule has 1 fully saturated rings. The summed E-state index contributed by atoms with van der Waals surface area (Å²) in [4.78, 5) is 22.1. The molecular formula is C13H14O5. The van der Waals surface area contributed by atoms with E-state index in [2.05, 4.69) is 0 Å². The number of hydrogen-bond donors (Lipinski definition) is 1. The molecule has 2 rings (SSSR count). The molecule has 0 heterocycles. The molecule has 1 aliphatic carbocycles. The van der Waals surface area contributed by atoms with E-state index in [9.17, 15) is 9.59 Å². The summed E-state index contributed by atoms with van der Waals surface area (Å²) in [7, 11) is 1.58. The van der Waals surface area contributed by atoms with Crippen molar-refractivity contribution in [1.29, 1.82) is 0 Å². The number of carbonyl (C=O) groups is 2. The van der Waals surface area contributed by atoms with Crippen LogP contribution in [-0.2, 0) is 20.9 Å². The smallest absolute Gasteiger partial charge is 0.310 e. The van der Waals surface area contributed by atoms with Gasteiger partial charge in [-0.05, 0) is 24.1 Å². The van der Waals surface area contributed by atoms with E-state index in [1.165, 1.54) is 0 Å². The van der Waals surface area contributed by atoms with E-state index in [1.807, 2.05) is 0 Å². The SMILES string of the molecule is COc1ccc(COC(=O)C2CC2C(=O)O)cc1. The maximum absolute atomic E-state index is 11.5. The van der Waals surface area contributed by atoms with Crippen molar-refractivity contribution in [2.75, 3.05) is 7.11 Å². The molecule has 1 aliphatic rings. The number of rotatable bonds is 5. The van der Waals surface area contributed by atoms with Gasteiger partial charge in [0, 0.05) is 0 Å². The van der Waals surface area contributed by atoms with E-state index in [4.69, 9.17) is 14.6 Å². The van der Waals surface area contributed by atoms with Crippen LogP contribution in [0.3, 0.4) is 0 Å². The van der Waals surface area contributed by atoms with Crippen LogP contribution in [0.1, 0.15) is 12.0 Å². The summed E-state index contributed by atoms with van der Waals surface area (Å²) < 4.78 is 10.1. The molecule has 2 atom stereocenters. The van der Waals surface area contributed by atoms with Crippen LogP contribution in [-0.4, -0.2) is 24.2 Å². The molecule has 0 radical (unpaired) electrons. The molecule has 1 aromatic carbocycles. The molecule has 0 amide bonds. The standard InChI is InChI=1S/C13H14O5/c1-17-9-4-2-8(3-5-9)7-18-13(16)11-6-10(11)12(14)15/h2-5,10-11H,6-7H2,1H3,(H,14,15). The minimum absolute atomic E-state index is 0.158. The Morgan fingerprint density at radius 1 is 1.28 bits per heavy atom. The third kappa shape index (κ3) is 2.80. The van der Waals surface area contributed by atoms with Crippen molar-refractivity contribution in [3.05, 3.63) is 29.8 Å². The molecule has 2 unspecified atom stereocenters. The van der Waals surface area contributed by atoms with E-state index in [-0.39, 0.29) is 6.61 Å². The Balaban J connectivity index is 1.81. The molecule has 5 nitrogen and oxygen atoms in total. The summed E-state index contributed by atoms with van der Waals surface area (Å²) in [5.41, 5.74) is 0.844. The van der Waals surface area contributed by atoms with Crippen LogP contribution in [0.25, 0.3) is 0 Å². The van der Waals surface area contributed by atoms with Crippen molar-refractivity contribution >= 4 is 11.9 Å². The van der Waals surface area contributed by atoms with Crippen LogP contribution in [0, 0.1) is 11.8 Å². The largest absolute Gasteiger partial charge is 0.497 e. The van der Waals surface area contributed by atoms with Crippen molar-refractivity contribution in [2.45, 2.75) is 13.0 Å². The molecular weight excluding hydrogens is 236 g/mol. The first kappa shape index (κ1) is 12.4. The number of carboxylic acid groups (broad SMARTS) is 1. The van der Waals surface area contributed by atoms with Gasteiger partial charge >= 0.3 is 11.9 Å². The average molecular weight is 250 g/mol. The summed E-state index contributed by atoms with van der Waals surface area (Å²) in [6.45, 7) is 0.158. The summed E-state index contributed by atoms with van der Waals surface area (Å²) in [6, 6.07) is 7.15. The van der Waals surface area contributed by atoms with Crippen LogP contribution in [0.15, 0.2) is 24.3 Å². The Labute approximate surface area is 104 Å². The van der Waals surface area contributed by atoms with Gasteiger partial charge in [0.25, 0.3) is 0 Å². The molecule has 0 saturated heterocycles. The first-order valence-electron chi connectivity index (χ1n) is 5.64. The van der Waals surface area contributed by atoms with Gasteiger partial charge in [-0.25, -0.2) is 0 Å². The molecule has 5 heteroatoms. The molecule has 1 aromatic rings. The molecule has 18 heavy (non-hydrogen) atoms. The fourth-order valence-corrected chi connectivity index (χ4v) is 1.71. The number of carboxylic acids is 1. The van der Waals surface area contributed by atoms with Crippen LogP contribution >= 0.6 is 0 Å². The van der Waals surface area contributed by atoms with Gasteiger partial charge in [0.15, 0.2) is 0 Å². The lowest BCUT2D eigenvalue weighted by Gasteiger charge is -2.05. The molecule has 0 bridgehead atoms. The first-order valence-corrected chi connectivity index (χ1v) is 5.64. The molecule has 1 saturated carbocycles. The van der Waals surface area contributed by atoms with Gasteiger partial charge in [-0.1, -0.05) is 12.1 Å². The number of methoxy groups -OCH3 is 1. The second-order valence-electron chi connectivity index (χ2n) is 4.24. The van der Waals surface area contributed by atoms with Gasteiger partial charge < -0.3 is 14.6 Å². The van der Waals surface area contributed by atoms with Crippen molar-refractivity contribution in [2.24, 2.45) is 11.8 Å². The minimum atomic E-state index is -0.929. The predicted molar refractivity (Wildman–Crippen MR) is 62.0 cm³/mol. The first-order chi connectivity index (χ1) is 8.61. The maximum atomic E-state index is 11.5. The molecule has 0 aromatic heterocycles. The Kier molecular flexibility index (Phi) is 3.50. The fraction of sp³-hybridized carbons (Fsp3) is 0.385. The summed E-state index contributed by atoms with van der Waals surface area (Å²) in [5, 5.41) is 8.69. The number of aliphatic carboxylic acids is 1. The molecule has 96 valence electrons. The van der Waals surface area contributed by atoms with Gasteiger partial charge in [0.2, 0.25) is 0 Å². The van der Waals surface area contributed by atoms with Crippen LogP contribution in [0.2, 0.25) is 0 Å². The highest BCUT2D eigenvalue weighted by atomic mass is 16.5. The van der Waals surface area contributed by atoms with Crippen LogP contribution in [0.4, 0.5) is 0 Å². The summed E-state index contributed by atoms with van der Waals surface area (Å²) >= 11 is 0. The molecule has 0 aliphatic heterocycles. The highest BCUT2D eigenvalue weighted by molar-refractivity contribution is 5.86. The number of hydrogen-bond acceptors (Lipinski definition) is 4. The second-order valence-corrected chi connectivity index (χ2v) is 4.24. The zero-order chi connectivity index (χ0) is 13.1. The topological polar surface area (TPSA) is 72.8 Å². The average Bonchev–Trinajstić information content (AvgIpc) is 3.17. The Morgan fingerprint density at radius 3 is 2.44 bits per heavy atom. The van der Waals surface area contributed by atoms with E-state index in [1.54, 1.807) is 31.4 Å². The van der Waals surface area contributed by atoms with Crippen molar-refractivity contribution in [3.8, 4) is 5.75 Å². The highest BCUT2D eigenvalue weighted by Crippen LogP contribution is 2.39. The Hall–Kier alpha value is -2.04. The lowest BCUT2D eigenvalue weighted by molar-refractivity contribution is -0.149. The lowest BCUT2D eigenvalue weighted by Crippen LogP contribution is -2.11. The fourth-order valence-electron chi connectivity index (χ4n) is 1.71. The van der Waals surface area contributed by atoms with E-state index in [0.717, 1.165) is 11.3 Å². The van der Waals surface area contributed by atoms with Crippen molar-refractivity contribution in [3.63, 3.8) is 0 Å². The van der Waals surface area contributed by atoms with Gasteiger partial charge in [-0.15, -0.1) is 0 Å². The highest BCUT2D eigenvalue weighted by Gasteiger charge is 2.49. The van der Waals surface area contributed by atoms with E-state index < -0.39 is 23.8 Å². The predicted octanol–water partition coefficient (Wildman–Crippen LogP) is 1.46. The molecule has 0 spiro atoms. The summed E-state index contributed by atoms with van der Waals surface area (Å²) in [5.74, 6) is -1.66. The lowest BCUT2D eigenvalue weighted by atomic mass is 10.2. The third-order valence-corrected chi connectivity index (χ3v) is 2.95. The monoisotopic (exact) mass is 250 g/mol. The van der Waals surface area contributed by atoms with Crippen LogP contribution in [0.5, 0.6) is 5.75 Å². The van der Waals surface area contributed by atoms with Crippen molar-refractivity contribution in [1.82, 2.24) is 0 Å². The zero-order valence-electron chi connectivity index (χ0n) is 9.96. The van der Waals surface area contributed by atoms with Crippen molar-refractivity contribution < 1.29 is 24.2 Å². The zero-order valence-corrected chi connectivity index (χ0v) is 9.96. The van der Waals surface area contributed by atoms with Gasteiger partial charge in [-0.2, -0.15) is 0 Å². The minimum Gasteiger partial charge on any atom is -0.497 e. The Morgan fingerprint density at radius 2 is 1.94 bits per heavy atom. The van der Waals surface area contributed by atoms with Gasteiger partial charge in [0.05, 0.1) is 18.9 Å². The second kappa shape index (κ2) is 5.08. The maximum Gasteiger partial charge on any atom is 0.310 e. The number of benzene rings is 1. The number of carbonyl (C=O) groups excluding carboxylic acids is 1. The number of ether oxygens (including phenoxy) is 2. The number of esters is 1. The normalized spacial score (nSPS) is 21.2. The van der Waals surface area contributed by atoms with Crippen LogP contribution < -0.4 is 4.74 Å².